The molecule has 0 atom stereocenters. The Labute approximate surface area is 129 Å². The van der Waals surface area contributed by atoms with Crippen molar-refractivity contribution in [3.8, 4) is 0 Å². The van der Waals surface area contributed by atoms with Gasteiger partial charge in [-0.2, -0.15) is 0 Å². The molecule has 0 spiro atoms. The molecule has 124 valence electrons. The topological polar surface area (TPSA) is 73.8 Å². The van der Waals surface area contributed by atoms with Gasteiger partial charge in [-0.25, -0.2) is 12.7 Å². The molecule has 21 heavy (non-hydrogen) atoms. The van der Waals surface area contributed by atoms with Crippen LogP contribution < -0.4 is 10.6 Å². The zero-order chi connectivity index (χ0) is 15.9. The Bertz CT molecular complexity index is 426. The third kappa shape index (κ3) is 7.13. The highest BCUT2D eigenvalue weighted by Gasteiger charge is 2.24. The summed E-state index contributed by atoms with van der Waals surface area (Å²) >= 11 is 0. The molecule has 7 heteroatoms. The first-order valence-corrected chi connectivity index (χ1v) is 9.57. The van der Waals surface area contributed by atoms with Crippen molar-refractivity contribution in [2.75, 3.05) is 39.5 Å². The quantitative estimate of drug-likeness (QED) is 0.563. The molecule has 0 amide bonds. The minimum atomic E-state index is -3.03. The van der Waals surface area contributed by atoms with Gasteiger partial charge in [-0.15, -0.1) is 0 Å². The molecule has 0 saturated carbocycles. The van der Waals surface area contributed by atoms with Gasteiger partial charge in [0.05, 0.1) is 6.26 Å². The van der Waals surface area contributed by atoms with Gasteiger partial charge < -0.3 is 10.6 Å². The number of sulfonamides is 1. The van der Waals surface area contributed by atoms with Gasteiger partial charge in [0.15, 0.2) is 5.96 Å². The largest absolute Gasteiger partial charge is 0.356 e. The fourth-order valence-corrected chi connectivity index (χ4v) is 3.26. The fraction of sp³-hybridized carbons (Fsp3) is 0.929. The molecule has 0 aliphatic carbocycles. The first kappa shape index (κ1) is 18.2. The van der Waals surface area contributed by atoms with Crippen molar-refractivity contribution in [3.63, 3.8) is 0 Å². The molecule has 6 nitrogen and oxygen atoms in total. The summed E-state index contributed by atoms with van der Waals surface area (Å²) in [6.07, 6.45) is 4.21. The summed E-state index contributed by atoms with van der Waals surface area (Å²) in [7, 11) is -1.25. The zero-order valence-electron chi connectivity index (χ0n) is 13.7. The second-order valence-corrected chi connectivity index (χ2v) is 8.15. The third-order valence-corrected chi connectivity index (χ3v) is 5.14. The molecule has 0 bridgehead atoms. The molecule has 0 aromatic heterocycles. The van der Waals surface area contributed by atoms with Crippen LogP contribution in [0.5, 0.6) is 0 Å². The van der Waals surface area contributed by atoms with Gasteiger partial charge in [-0.3, -0.25) is 4.99 Å². The molecular formula is C14H30N4O2S. The Kier molecular flexibility index (Phi) is 7.45. The molecule has 2 N–H and O–H groups in total. The monoisotopic (exact) mass is 318 g/mol. The molecule has 1 aliphatic rings. The van der Waals surface area contributed by atoms with Crippen LogP contribution in [0.2, 0.25) is 0 Å². The van der Waals surface area contributed by atoms with E-state index >= 15 is 0 Å². The van der Waals surface area contributed by atoms with Crippen LogP contribution in [0.25, 0.3) is 0 Å². The number of guanidine groups is 1. The lowest BCUT2D eigenvalue weighted by Crippen LogP contribution is -2.44. The maximum absolute atomic E-state index is 11.5. The third-order valence-electron chi connectivity index (χ3n) is 3.84. The van der Waals surface area contributed by atoms with E-state index in [4.69, 9.17) is 0 Å². The number of hydrogen-bond acceptors (Lipinski definition) is 3. The average molecular weight is 318 g/mol. The highest BCUT2D eigenvalue weighted by molar-refractivity contribution is 7.88. The average Bonchev–Trinajstić information content (AvgIpc) is 2.41. The Balaban J connectivity index is 2.26. The summed E-state index contributed by atoms with van der Waals surface area (Å²) in [5.41, 5.74) is 0. The number of nitrogens with one attached hydrogen (secondary N) is 2. The predicted octanol–water partition coefficient (Wildman–Crippen LogP) is 0.869. The van der Waals surface area contributed by atoms with Crippen LogP contribution in [0.3, 0.4) is 0 Å². The van der Waals surface area contributed by atoms with E-state index in [1.807, 2.05) is 0 Å². The normalized spacial score (nSPS) is 19.0. The molecule has 0 radical (unpaired) electrons. The van der Waals surface area contributed by atoms with E-state index in [9.17, 15) is 8.42 Å². The minimum Gasteiger partial charge on any atom is -0.356 e. The van der Waals surface area contributed by atoms with Crippen LogP contribution in [0.4, 0.5) is 0 Å². The van der Waals surface area contributed by atoms with Gasteiger partial charge in [0.25, 0.3) is 0 Å². The molecular weight excluding hydrogens is 288 g/mol. The lowest BCUT2D eigenvalue weighted by atomic mass is 9.98. The number of rotatable bonds is 6. The van der Waals surface area contributed by atoms with E-state index in [0.717, 1.165) is 38.3 Å². The van der Waals surface area contributed by atoms with Crippen LogP contribution in [-0.2, 0) is 10.0 Å². The smallest absolute Gasteiger partial charge is 0.211 e. The highest BCUT2D eigenvalue weighted by atomic mass is 32.2. The van der Waals surface area contributed by atoms with E-state index in [1.165, 1.54) is 6.26 Å². The van der Waals surface area contributed by atoms with Gasteiger partial charge in [0, 0.05) is 33.2 Å². The van der Waals surface area contributed by atoms with Crippen molar-refractivity contribution in [2.45, 2.75) is 33.1 Å². The summed E-state index contributed by atoms with van der Waals surface area (Å²) < 4.78 is 24.5. The summed E-state index contributed by atoms with van der Waals surface area (Å²) in [6.45, 7) is 7.43. The van der Waals surface area contributed by atoms with Crippen LogP contribution in [0, 0.1) is 11.8 Å². The number of hydrogen-bond donors (Lipinski definition) is 2. The number of nitrogens with zero attached hydrogens (tertiary/aromatic N) is 2. The second-order valence-electron chi connectivity index (χ2n) is 6.17. The van der Waals surface area contributed by atoms with Crippen molar-refractivity contribution in [2.24, 2.45) is 16.8 Å². The zero-order valence-corrected chi connectivity index (χ0v) is 14.5. The Morgan fingerprint density at radius 3 is 2.38 bits per heavy atom. The number of piperidine rings is 1. The van der Waals surface area contributed by atoms with Gasteiger partial charge in [-0.05, 0) is 31.1 Å². The van der Waals surface area contributed by atoms with Crippen LogP contribution in [-0.4, -0.2) is 58.2 Å². The van der Waals surface area contributed by atoms with Gasteiger partial charge >= 0.3 is 0 Å². The molecule has 0 aromatic carbocycles. The van der Waals surface area contributed by atoms with Crippen LogP contribution in [0.15, 0.2) is 4.99 Å². The molecule has 1 heterocycles. The molecule has 0 unspecified atom stereocenters. The lowest BCUT2D eigenvalue weighted by molar-refractivity contribution is 0.275. The van der Waals surface area contributed by atoms with Crippen molar-refractivity contribution in [3.05, 3.63) is 0 Å². The van der Waals surface area contributed by atoms with Crippen molar-refractivity contribution in [1.82, 2.24) is 14.9 Å². The SMILES string of the molecule is CN=C(NCCC(C)C)NCC1CCN(S(C)(=O)=O)CC1. The lowest BCUT2D eigenvalue weighted by Gasteiger charge is -2.30. The predicted molar refractivity (Wildman–Crippen MR) is 88.0 cm³/mol. The second kappa shape index (κ2) is 8.58. The van der Waals surface area contributed by atoms with Crippen molar-refractivity contribution in [1.29, 1.82) is 0 Å². The van der Waals surface area contributed by atoms with Gasteiger partial charge in [0.1, 0.15) is 0 Å². The fourth-order valence-electron chi connectivity index (χ4n) is 2.39. The Morgan fingerprint density at radius 1 is 1.29 bits per heavy atom. The van der Waals surface area contributed by atoms with Crippen molar-refractivity contribution < 1.29 is 8.42 Å². The van der Waals surface area contributed by atoms with Crippen LogP contribution >= 0.6 is 0 Å². The Morgan fingerprint density at radius 2 is 1.90 bits per heavy atom. The maximum Gasteiger partial charge on any atom is 0.211 e. The summed E-state index contributed by atoms with van der Waals surface area (Å²) in [6, 6.07) is 0. The standard InChI is InChI=1S/C14H30N4O2S/c1-12(2)5-8-16-14(15-3)17-11-13-6-9-18(10-7-13)21(4,19)20/h12-13H,5-11H2,1-4H3,(H2,15,16,17). The van der Waals surface area contributed by atoms with Crippen molar-refractivity contribution >= 4 is 16.0 Å². The summed E-state index contributed by atoms with van der Waals surface area (Å²) in [5.74, 6) is 2.02. The maximum atomic E-state index is 11.5. The molecule has 1 fully saturated rings. The summed E-state index contributed by atoms with van der Waals surface area (Å²) in [4.78, 5) is 4.21. The van der Waals surface area contributed by atoms with Crippen LogP contribution in [0.1, 0.15) is 33.1 Å². The van der Waals surface area contributed by atoms with E-state index < -0.39 is 10.0 Å². The first-order valence-electron chi connectivity index (χ1n) is 7.72. The molecule has 1 saturated heterocycles. The molecule has 0 aromatic rings. The van der Waals surface area contributed by atoms with Gasteiger partial charge in [0.2, 0.25) is 10.0 Å². The Hall–Kier alpha value is -0.820. The molecule has 1 aliphatic heterocycles. The van der Waals surface area contributed by atoms with E-state index in [-0.39, 0.29) is 0 Å². The van der Waals surface area contributed by atoms with E-state index in [0.29, 0.717) is 24.9 Å². The highest BCUT2D eigenvalue weighted by Crippen LogP contribution is 2.18. The summed E-state index contributed by atoms with van der Waals surface area (Å²) in [5, 5.41) is 6.64. The molecule has 1 rings (SSSR count). The number of aliphatic imine (C=N–C) groups is 1. The van der Waals surface area contributed by atoms with E-state index in [2.05, 4.69) is 29.5 Å². The van der Waals surface area contributed by atoms with E-state index in [1.54, 1.807) is 11.4 Å². The minimum absolute atomic E-state index is 0.506. The van der Waals surface area contributed by atoms with Gasteiger partial charge in [-0.1, -0.05) is 13.8 Å². The first-order chi connectivity index (χ1) is 9.82.